The van der Waals surface area contributed by atoms with Crippen LogP contribution in [0.5, 0.6) is 11.5 Å². The first kappa shape index (κ1) is 16.1. The summed E-state index contributed by atoms with van der Waals surface area (Å²) in [6, 6.07) is 5.47. The molecule has 2 unspecified atom stereocenters. The predicted octanol–water partition coefficient (Wildman–Crippen LogP) is 2.87. The van der Waals surface area contributed by atoms with Gasteiger partial charge >= 0.3 is 0 Å². The van der Waals surface area contributed by atoms with Crippen molar-refractivity contribution >= 4 is 0 Å². The summed E-state index contributed by atoms with van der Waals surface area (Å²) in [4.78, 5) is 2.36. The van der Waals surface area contributed by atoms with Crippen molar-refractivity contribution in [1.82, 2.24) is 10.2 Å². The van der Waals surface area contributed by atoms with E-state index in [2.05, 4.69) is 31.0 Å². The number of hydrogen-bond acceptors (Lipinski definition) is 4. The standard InChI is InChI=1S/C17H28N2O2/c1-12(2)10-19(11-14-6-5-9-18-14)13(3)17-15(20)7-4-8-16(17)21/h4,7-8,12-14,18,20-21H,5-6,9-11H2,1-3H3. The van der Waals surface area contributed by atoms with Crippen LogP contribution in [-0.2, 0) is 0 Å². The van der Waals surface area contributed by atoms with Crippen molar-refractivity contribution in [3.8, 4) is 11.5 Å². The van der Waals surface area contributed by atoms with Crippen LogP contribution in [0.25, 0.3) is 0 Å². The van der Waals surface area contributed by atoms with Crippen LogP contribution in [0.15, 0.2) is 18.2 Å². The fourth-order valence-corrected chi connectivity index (χ4v) is 3.21. The maximum absolute atomic E-state index is 10.1. The minimum atomic E-state index is -0.00370. The monoisotopic (exact) mass is 292 g/mol. The first-order valence-electron chi connectivity index (χ1n) is 7.97. The normalized spacial score (nSPS) is 20.3. The van der Waals surface area contributed by atoms with Gasteiger partial charge in [0.1, 0.15) is 11.5 Å². The van der Waals surface area contributed by atoms with Crippen molar-refractivity contribution < 1.29 is 10.2 Å². The highest BCUT2D eigenvalue weighted by molar-refractivity contribution is 5.45. The molecule has 4 nitrogen and oxygen atoms in total. The van der Waals surface area contributed by atoms with E-state index in [1.54, 1.807) is 18.2 Å². The Morgan fingerprint density at radius 2 is 1.90 bits per heavy atom. The van der Waals surface area contributed by atoms with Crippen molar-refractivity contribution in [2.24, 2.45) is 5.92 Å². The highest BCUT2D eigenvalue weighted by Crippen LogP contribution is 2.36. The van der Waals surface area contributed by atoms with Gasteiger partial charge in [0.05, 0.1) is 5.56 Å². The van der Waals surface area contributed by atoms with Crippen molar-refractivity contribution in [2.75, 3.05) is 19.6 Å². The van der Waals surface area contributed by atoms with E-state index in [9.17, 15) is 10.2 Å². The molecule has 2 rings (SSSR count). The van der Waals surface area contributed by atoms with Crippen LogP contribution in [-0.4, -0.2) is 40.8 Å². The van der Waals surface area contributed by atoms with Crippen LogP contribution in [0.3, 0.4) is 0 Å². The zero-order chi connectivity index (χ0) is 15.4. The van der Waals surface area contributed by atoms with E-state index in [-0.39, 0.29) is 17.5 Å². The van der Waals surface area contributed by atoms with E-state index < -0.39 is 0 Å². The topological polar surface area (TPSA) is 55.7 Å². The fourth-order valence-electron chi connectivity index (χ4n) is 3.21. The predicted molar refractivity (Wildman–Crippen MR) is 85.6 cm³/mol. The molecule has 1 aromatic rings. The minimum absolute atomic E-state index is 0.00370. The molecule has 0 bridgehead atoms. The van der Waals surface area contributed by atoms with Gasteiger partial charge in [-0.05, 0) is 44.4 Å². The Bertz CT molecular complexity index is 436. The molecule has 0 spiro atoms. The lowest BCUT2D eigenvalue weighted by molar-refractivity contribution is 0.167. The molecule has 2 atom stereocenters. The molecular weight excluding hydrogens is 264 g/mol. The van der Waals surface area contributed by atoms with E-state index in [4.69, 9.17) is 0 Å². The smallest absolute Gasteiger partial charge is 0.124 e. The van der Waals surface area contributed by atoms with Crippen LogP contribution < -0.4 is 5.32 Å². The molecule has 0 aromatic heterocycles. The number of rotatable bonds is 6. The molecule has 1 heterocycles. The van der Waals surface area contributed by atoms with Crippen molar-refractivity contribution in [1.29, 1.82) is 0 Å². The molecule has 21 heavy (non-hydrogen) atoms. The zero-order valence-corrected chi connectivity index (χ0v) is 13.3. The van der Waals surface area contributed by atoms with Gasteiger partial charge in [-0.1, -0.05) is 19.9 Å². The van der Waals surface area contributed by atoms with Gasteiger partial charge in [0, 0.05) is 25.2 Å². The third kappa shape index (κ3) is 4.11. The molecule has 1 fully saturated rings. The van der Waals surface area contributed by atoms with E-state index in [0.717, 1.165) is 19.6 Å². The quantitative estimate of drug-likeness (QED) is 0.754. The van der Waals surface area contributed by atoms with E-state index >= 15 is 0 Å². The summed E-state index contributed by atoms with van der Waals surface area (Å²) in [6.45, 7) is 9.46. The second kappa shape index (κ2) is 7.14. The Hall–Kier alpha value is -1.26. The first-order chi connectivity index (χ1) is 9.99. The van der Waals surface area contributed by atoms with Gasteiger partial charge in [0.15, 0.2) is 0 Å². The van der Waals surface area contributed by atoms with Gasteiger partial charge in [-0.15, -0.1) is 0 Å². The van der Waals surface area contributed by atoms with E-state index in [1.165, 1.54) is 12.8 Å². The molecule has 1 saturated heterocycles. The second-order valence-corrected chi connectivity index (χ2v) is 6.53. The summed E-state index contributed by atoms with van der Waals surface area (Å²) in [6.07, 6.45) is 2.43. The average Bonchev–Trinajstić information content (AvgIpc) is 2.90. The third-order valence-corrected chi connectivity index (χ3v) is 4.24. The second-order valence-electron chi connectivity index (χ2n) is 6.53. The molecule has 0 amide bonds. The molecule has 1 aromatic carbocycles. The highest BCUT2D eigenvalue weighted by Gasteiger charge is 2.26. The fraction of sp³-hybridized carbons (Fsp3) is 0.647. The summed E-state index contributed by atoms with van der Waals surface area (Å²) >= 11 is 0. The molecule has 3 N–H and O–H groups in total. The summed E-state index contributed by atoms with van der Waals surface area (Å²) < 4.78 is 0. The van der Waals surface area contributed by atoms with Crippen LogP contribution in [0.1, 0.15) is 45.2 Å². The lowest BCUT2D eigenvalue weighted by atomic mass is 10.0. The SMILES string of the molecule is CC(C)CN(CC1CCCN1)C(C)c1c(O)cccc1O. The van der Waals surface area contributed by atoms with Crippen molar-refractivity contribution in [3.05, 3.63) is 23.8 Å². The Kier molecular flexibility index (Phi) is 5.48. The molecule has 1 aliphatic heterocycles. The molecule has 4 heteroatoms. The summed E-state index contributed by atoms with van der Waals surface area (Å²) in [5.41, 5.74) is 0.635. The number of phenols is 2. The maximum atomic E-state index is 10.1. The van der Waals surface area contributed by atoms with Crippen molar-refractivity contribution in [2.45, 2.75) is 45.7 Å². The maximum Gasteiger partial charge on any atom is 0.124 e. The van der Waals surface area contributed by atoms with E-state index in [0.29, 0.717) is 17.5 Å². The number of hydrogen-bond donors (Lipinski definition) is 3. The largest absolute Gasteiger partial charge is 0.507 e. The van der Waals surface area contributed by atoms with Crippen LogP contribution in [0.4, 0.5) is 0 Å². The van der Waals surface area contributed by atoms with Gasteiger partial charge in [0.25, 0.3) is 0 Å². The number of aromatic hydroxyl groups is 2. The van der Waals surface area contributed by atoms with E-state index in [1.807, 2.05) is 0 Å². The summed E-state index contributed by atoms with van der Waals surface area (Å²) in [5.74, 6) is 0.896. The van der Waals surface area contributed by atoms with Crippen LogP contribution in [0.2, 0.25) is 0 Å². The summed E-state index contributed by atoms with van der Waals surface area (Å²) in [7, 11) is 0. The molecule has 1 aliphatic rings. The highest BCUT2D eigenvalue weighted by atomic mass is 16.3. The summed E-state index contributed by atoms with van der Waals surface area (Å²) in [5, 5.41) is 23.7. The number of phenolic OH excluding ortho intramolecular Hbond substituents is 2. The molecular formula is C17H28N2O2. The molecule has 0 radical (unpaired) electrons. The molecule has 0 saturated carbocycles. The zero-order valence-electron chi connectivity index (χ0n) is 13.3. The third-order valence-electron chi connectivity index (χ3n) is 4.24. The Morgan fingerprint density at radius 1 is 1.24 bits per heavy atom. The number of nitrogens with zero attached hydrogens (tertiary/aromatic N) is 1. The first-order valence-corrected chi connectivity index (χ1v) is 7.97. The number of benzene rings is 1. The van der Waals surface area contributed by atoms with Gasteiger partial charge in [-0.25, -0.2) is 0 Å². The Labute approximate surface area is 127 Å². The van der Waals surface area contributed by atoms with Gasteiger partial charge in [0.2, 0.25) is 0 Å². The van der Waals surface area contributed by atoms with Crippen molar-refractivity contribution in [3.63, 3.8) is 0 Å². The molecule has 0 aliphatic carbocycles. The Balaban J connectivity index is 2.18. The average molecular weight is 292 g/mol. The van der Waals surface area contributed by atoms with Gasteiger partial charge < -0.3 is 15.5 Å². The number of nitrogens with one attached hydrogen (secondary N) is 1. The lowest BCUT2D eigenvalue weighted by Crippen LogP contribution is -2.40. The van der Waals surface area contributed by atoms with Crippen LogP contribution >= 0.6 is 0 Å². The van der Waals surface area contributed by atoms with Gasteiger partial charge in [-0.3, -0.25) is 4.90 Å². The van der Waals surface area contributed by atoms with Gasteiger partial charge in [-0.2, -0.15) is 0 Å². The Morgan fingerprint density at radius 3 is 2.43 bits per heavy atom. The minimum Gasteiger partial charge on any atom is -0.507 e. The van der Waals surface area contributed by atoms with Crippen LogP contribution in [0, 0.1) is 5.92 Å². The lowest BCUT2D eigenvalue weighted by Gasteiger charge is -2.33. The molecule has 118 valence electrons.